The van der Waals surface area contributed by atoms with E-state index >= 15 is 0 Å². The van der Waals surface area contributed by atoms with Gasteiger partial charge in [-0.05, 0) is 31.2 Å². The van der Waals surface area contributed by atoms with Gasteiger partial charge in [0.2, 0.25) is 5.91 Å². The summed E-state index contributed by atoms with van der Waals surface area (Å²) in [4.78, 5) is 16.3. The van der Waals surface area contributed by atoms with Gasteiger partial charge in [-0.3, -0.25) is 9.69 Å². The fourth-order valence-electron chi connectivity index (χ4n) is 3.77. The molecule has 1 unspecified atom stereocenters. The molecule has 4 rings (SSSR count). The second-order valence-electron chi connectivity index (χ2n) is 7.54. The molecule has 0 aliphatic carbocycles. The number of para-hydroxylation sites is 1. The molecule has 2 heterocycles. The molecule has 1 atom stereocenters. The maximum atomic E-state index is 14.9. The molecule has 1 aliphatic heterocycles. The molecule has 7 heteroatoms. The van der Waals surface area contributed by atoms with Gasteiger partial charge in [0.25, 0.3) is 0 Å². The number of methoxy groups -OCH3 is 1. The molecule has 0 radical (unpaired) electrons. The van der Waals surface area contributed by atoms with E-state index in [1.807, 2.05) is 50.5 Å². The highest BCUT2D eigenvalue weighted by Crippen LogP contribution is 2.30. The highest BCUT2D eigenvalue weighted by Gasteiger charge is 2.30. The van der Waals surface area contributed by atoms with Gasteiger partial charge in [0.15, 0.2) is 0 Å². The second kappa shape index (κ2) is 8.28. The van der Waals surface area contributed by atoms with E-state index in [1.165, 1.54) is 13.2 Å². The van der Waals surface area contributed by atoms with Gasteiger partial charge in [-0.15, -0.1) is 0 Å². The molecule has 1 aliphatic rings. The number of ether oxygens (including phenoxy) is 1. The molecule has 1 fully saturated rings. The largest absolute Gasteiger partial charge is 0.497 e. The van der Waals surface area contributed by atoms with E-state index in [4.69, 9.17) is 9.84 Å². The third kappa shape index (κ3) is 3.80. The van der Waals surface area contributed by atoms with Crippen molar-refractivity contribution >= 4 is 5.91 Å². The van der Waals surface area contributed by atoms with E-state index in [-0.39, 0.29) is 11.9 Å². The van der Waals surface area contributed by atoms with Gasteiger partial charge in [0.05, 0.1) is 18.8 Å². The van der Waals surface area contributed by atoms with Gasteiger partial charge in [-0.1, -0.05) is 18.2 Å². The van der Waals surface area contributed by atoms with Crippen molar-refractivity contribution in [2.75, 3.05) is 27.2 Å². The minimum Gasteiger partial charge on any atom is -0.497 e. The van der Waals surface area contributed by atoms with E-state index in [0.717, 1.165) is 17.8 Å². The number of hydrogen-bond donors (Lipinski definition) is 0. The maximum absolute atomic E-state index is 14.9. The highest BCUT2D eigenvalue weighted by atomic mass is 19.1. The van der Waals surface area contributed by atoms with Crippen LogP contribution in [0.2, 0.25) is 0 Å². The van der Waals surface area contributed by atoms with Crippen molar-refractivity contribution in [1.82, 2.24) is 19.6 Å². The number of piperazine rings is 1. The summed E-state index contributed by atoms with van der Waals surface area (Å²) in [5.74, 6) is 0.156. The molecular weight excluding hydrogens is 383 g/mol. The Bertz CT molecular complexity index is 1050. The Morgan fingerprint density at radius 2 is 1.93 bits per heavy atom. The van der Waals surface area contributed by atoms with E-state index in [1.54, 1.807) is 21.7 Å². The van der Waals surface area contributed by atoms with E-state index < -0.39 is 5.82 Å². The van der Waals surface area contributed by atoms with Crippen LogP contribution in [-0.2, 0) is 11.3 Å². The Balaban J connectivity index is 1.75. The van der Waals surface area contributed by atoms with Crippen LogP contribution in [0, 0.1) is 5.82 Å². The normalized spacial score (nSPS) is 17.4. The first-order valence-electron chi connectivity index (χ1n) is 9.95. The van der Waals surface area contributed by atoms with Gasteiger partial charge in [-0.2, -0.15) is 5.10 Å². The number of benzene rings is 2. The van der Waals surface area contributed by atoms with Crippen molar-refractivity contribution in [2.24, 2.45) is 0 Å². The monoisotopic (exact) mass is 408 g/mol. The summed E-state index contributed by atoms with van der Waals surface area (Å²) in [7, 11) is 3.33. The number of amides is 1. The minimum atomic E-state index is -0.392. The number of aromatic nitrogens is 2. The van der Waals surface area contributed by atoms with Gasteiger partial charge >= 0.3 is 0 Å². The van der Waals surface area contributed by atoms with Crippen LogP contribution in [0.3, 0.4) is 0 Å². The summed E-state index contributed by atoms with van der Waals surface area (Å²) in [6, 6.07) is 14.3. The fourth-order valence-corrected chi connectivity index (χ4v) is 3.77. The van der Waals surface area contributed by atoms with Crippen LogP contribution in [0.5, 0.6) is 5.75 Å². The molecular formula is C23H25FN4O2. The van der Waals surface area contributed by atoms with Gasteiger partial charge in [-0.25, -0.2) is 9.07 Å². The highest BCUT2D eigenvalue weighted by molar-refractivity contribution is 5.82. The van der Waals surface area contributed by atoms with Gasteiger partial charge < -0.3 is 9.64 Å². The number of halogens is 1. The first kappa shape index (κ1) is 20.1. The average molecular weight is 408 g/mol. The zero-order chi connectivity index (χ0) is 21.3. The molecule has 1 saturated heterocycles. The summed E-state index contributed by atoms with van der Waals surface area (Å²) in [5.41, 5.74) is 2.74. The fraction of sp³-hybridized carbons (Fsp3) is 0.304. The minimum absolute atomic E-state index is 0.0916. The number of carbonyl (C=O) groups excluding carboxylic acids is 1. The summed E-state index contributed by atoms with van der Waals surface area (Å²) < 4.78 is 21.8. The summed E-state index contributed by atoms with van der Waals surface area (Å²) in [6.45, 7) is 3.84. The zero-order valence-corrected chi connectivity index (χ0v) is 17.4. The topological polar surface area (TPSA) is 50.6 Å². The SMILES string of the molecule is COc1ccc(-c2nn(-c3ccccc3)cc2CN2CCN(C)C(=O)C2C)c(F)c1. The number of hydrogen-bond acceptors (Lipinski definition) is 4. The van der Waals surface area contributed by atoms with E-state index in [2.05, 4.69) is 4.90 Å². The van der Waals surface area contributed by atoms with Crippen LogP contribution in [-0.4, -0.2) is 58.8 Å². The molecule has 156 valence electrons. The van der Waals surface area contributed by atoms with Crippen LogP contribution >= 0.6 is 0 Å². The van der Waals surface area contributed by atoms with Crippen LogP contribution in [0.1, 0.15) is 12.5 Å². The second-order valence-corrected chi connectivity index (χ2v) is 7.54. The molecule has 0 N–H and O–H groups in total. The summed E-state index contributed by atoms with van der Waals surface area (Å²) >= 11 is 0. The summed E-state index contributed by atoms with van der Waals surface area (Å²) in [6.07, 6.45) is 1.92. The molecule has 6 nitrogen and oxygen atoms in total. The first-order valence-corrected chi connectivity index (χ1v) is 9.95. The Morgan fingerprint density at radius 1 is 1.17 bits per heavy atom. The smallest absolute Gasteiger partial charge is 0.239 e. The lowest BCUT2D eigenvalue weighted by molar-refractivity contribution is -0.139. The molecule has 3 aromatic rings. The molecule has 2 aromatic carbocycles. The molecule has 30 heavy (non-hydrogen) atoms. The standard InChI is InChI=1S/C23H25FN4O2/c1-16-23(29)26(2)11-12-27(16)14-17-15-28(18-7-5-4-6-8-18)25-22(17)20-10-9-19(30-3)13-21(20)24/h4-10,13,15-16H,11-12,14H2,1-3H3. The Morgan fingerprint density at radius 3 is 2.63 bits per heavy atom. The van der Waals surface area contributed by atoms with Crippen molar-refractivity contribution in [3.05, 3.63) is 66.1 Å². The predicted octanol–water partition coefficient (Wildman–Crippen LogP) is 3.35. The van der Waals surface area contributed by atoms with Crippen molar-refractivity contribution in [3.63, 3.8) is 0 Å². The van der Waals surface area contributed by atoms with Crippen molar-refractivity contribution in [3.8, 4) is 22.7 Å². The van der Waals surface area contributed by atoms with Gasteiger partial charge in [0.1, 0.15) is 17.3 Å². The van der Waals surface area contributed by atoms with Gasteiger partial charge in [0, 0.05) is 50.1 Å². The predicted molar refractivity (Wildman–Crippen MR) is 113 cm³/mol. The van der Waals surface area contributed by atoms with Crippen LogP contribution in [0.25, 0.3) is 16.9 Å². The lowest BCUT2D eigenvalue weighted by Gasteiger charge is -2.37. The Hall–Kier alpha value is -3.19. The molecule has 0 spiro atoms. The first-order chi connectivity index (χ1) is 14.5. The number of likely N-dealkylation sites (N-methyl/N-ethyl adjacent to an activating group) is 1. The quantitative estimate of drug-likeness (QED) is 0.650. The van der Waals surface area contributed by atoms with Crippen molar-refractivity contribution in [2.45, 2.75) is 19.5 Å². The molecule has 0 bridgehead atoms. The average Bonchev–Trinajstić information content (AvgIpc) is 3.18. The van der Waals surface area contributed by atoms with Crippen LogP contribution < -0.4 is 4.74 Å². The van der Waals surface area contributed by atoms with E-state index in [0.29, 0.717) is 30.1 Å². The third-order valence-corrected chi connectivity index (χ3v) is 5.62. The van der Waals surface area contributed by atoms with Crippen LogP contribution in [0.15, 0.2) is 54.7 Å². The molecule has 0 saturated carbocycles. The number of nitrogens with zero attached hydrogens (tertiary/aromatic N) is 4. The van der Waals surface area contributed by atoms with E-state index in [9.17, 15) is 9.18 Å². The number of rotatable bonds is 5. The zero-order valence-electron chi connectivity index (χ0n) is 17.4. The van der Waals surface area contributed by atoms with Crippen molar-refractivity contribution in [1.29, 1.82) is 0 Å². The lowest BCUT2D eigenvalue weighted by Crippen LogP contribution is -2.53. The third-order valence-electron chi connectivity index (χ3n) is 5.62. The Kier molecular flexibility index (Phi) is 5.55. The maximum Gasteiger partial charge on any atom is 0.239 e. The molecule has 1 aromatic heterocycles. The molecule has 1 amide bonds. The Labute approximate surface area is 175 Å². The van der Waals surface area contributed by atoms with Crippen molar-refractivity contribution < 1.29 is 13.9 Å². The number of carbonyl (C=O) groups is 1. The summed E-state index contributed by atoms with van der Waals surface area (Å²) in [5, 5.41) is 4.71. The lowest BCUT2D eigenvalue weighted by atomic mass is 10.1. The van der Waals surface area contributed by atoms with Crippen LogP contribution in [0.4, 0.5) is 4.39 Å².